The van der Waals surface area contributed by atoms with Crippen molar-refractivity contribution < 1.29 is 18.7 Å². The van der Waals surface area contributed by atoms with Crippen molar-refractivity contribution in [1.82, 2.24) is 24.8 Å². The molecule has 5 heterocycles. The first-order valence-electron chi connectivity index (χ1n) is 13.8. The van der Waals surface area contributed by atoms with Crippen molar-refractivity contribution in [2.45, 2.75) is 31.8 Å². The summed E-state index contributed by atoms with van der Waals surface area (Å²) in [5, 5.41) is 3.98. The Bertz CT molecular complexity index is 1570. The second-order valence-electron chi connectivity index (χ2n) is 10.3. The van der Waals surface area contributed by atoms with Gasteiger partial charge in [0.05, 0.1) is 23.8 Å². The molecule has 212 valence electrons. The Morgan fingerprint density at radius 2 is 2.00 bits per heavy atom. The van der Waals surface area contributed by atoms with E-state index in [1.807, 2.05) is 24.1 Å². The molecular weight excluding hydrogens is 525 g/mol. The van der Waals surface area contributed by atoms with Crippen LogP contribution in [-0.4, -0.2) is 69.6 Å². The molecule has 2 saturated heterocycles. The molecule has 0 radical (unpaired) electrons. The average molecular weight is 558 g/mol. The smallest absolute Gasteiger partial charge is 0.245 e. The molecule has 11 heteroatoms. The number of rotatable bonds is 7. The number of likely N-dealkylation sites (tertiary alicyclic amines) is 1. The summed E-state index contributed by atoms with van der Waals surface area (Å²) >= 11 is 0. The number of ether oxygens (including phenoxy) is 2. The third kappa shape index (κ3) is 5.71. The van der Waals surface area contributed by atoms with Gasteiger partial charge in [-0.2, -0.15) is 0 Å². The van der Waals surface area contributed by atoms with E-state index >= 15 is 4.39 Å². The highest BCUT2D eigenvalue weighted by Gasteiger charge is 2.26. The van der Waals surface area contributed by atoms with Gasteiger partial charge in [0.25, 0.3) is 0 Å². The average Bonchev–Trinajstić information content (AvgIpc) is 3.44. The van der Waals surface area contributed by atoms with Crippen molar-refractivity contribution >= 4 is 34.3 Å². The lowest BCUT2D eigenvalue weighted by Crippen LogP contribution is -2.41. The molecule has 0 aliphatic carbocycles. The molecule has 3 aromatic heterocycles. The van der Waals surface area contributed by atoms with Crippen LogP contribution in [0, 0.1) is 5.82 Å². The van der Waals surface area contributed by atoms with Crippen molar-refractivity contribution in [3.05, 3.63) is 73.1 Å². The Morgan fingerprint density at radius 3 is 2.78 bits per heavy atom. The number of morpholine rings is 1. The summed E-state index contributed by atoms with van der Waals surface area (Å²) in [6.07, 6.45) is 8.17. The van der Waals surface area contributed by atoms with Crippen LogP contribution in [0.25, 0.3) is 11.0 Å². The standard InChI is InChI=1S/C30H32FN7O3/c1-3-27(39)37-10-7-20(8-11-37)23-16-33-29-28(23)30(35-18-34-29)36-25-5-4-21(14-24(25)31)41-22-6-9-32-26(15-22)38-12-13-40-19(2)17-38/h3-6,9,14-16,18-20H,1,7-8,10-13,17H2,2H3,(H2,33,34,35,36)/t19-/m0/s1. The lowest BCUT2D eigenvalue weighted by Gasteiger charge is -2.32. The molecule has 0 saturated carbocycles. The van der Waals surface area contributed by atoms with Crippen molar-refractivity contribution in [3.63, 3.8) is 0 Å². The number of carbonyl (C=O) groups excluding carboxylic acids is 1. The van der Waals surface area contributed by atoms with Crippen LogP contribution < -0.4 is 15.0 Å². The zero-order chi connectivity index (χ0) is 28.3. The molecule has 2 aliphatic heterocycles. The highest BCUT2D eigenvalue weighted by Crippen LogP contribution is 2.37. The molecule has 1 atom stereocenters. The van der Waals surface area contributed by atoms with E-state index in [4.69, 9.17) is 9.47 Å². The summed E-state index contributed by atoms with van der Waals surface area (Å²) in [7, 11) is 0. The number of fused-ring (bicyclic) bond motifs is 1. The van der Waals surface area contributed by atoms with Crippen molar-refractivity contribution in [3.8, 4) is 11.5 Å². The molecule has 1 amide bonds. The van der Waals surface area contributed by atoms with E-state index in [0.29, 0.717) is 42.7 Å². The first-order chi connectivity index (χ1) is 20.0. The fourth-order valence-electron chi connectivity index (χ4n) is 5.53. The number of anilines is 3. The van der Waals surface area contributed by atoms with Gasteiger partial charge in [0.15, 0.2) is 0 Å². The summed E-state index contributed by atoms with van der Waals surface area (Å²) in [6, 6.07) is 8.30. The van der Waals surface area contributed by atoms with Crippen LogP contribution in [-0.2, 0) is 9.53 Å². The molecule has 6 rings (SSSR count). The van der Waals surface area contributed by atoms with Crippen LogP contribution in [0.3, 0.4) is 0 Å². The number of H-pyrrole nitrogens is 1. The molecule has 1 aromatic carbocycles. The molecule has 0 spiro atoms. The van der Waals surface area contributed by atoms with E-state index in [1.165, 1.54) is 18.5 Å². The maximum atomic E-state index is 15.3. The molecular formula is C30H32FN7O3. The minimum Gasteiger partial charge on any atom is -0.457 e. The number of amides is 1. The van der Waals surface area contributed by atoms with Gasteiger partial charge in [-0.1, -0.05) is 6.58 Å². The zero-order valence-corrected chi connectivity index (χ0v) is 22.8. The quantitative estimate of drug-likeness (QED) is 0.301. The van der Waals surface area contributed by atoms with Gasteiger partial charge in [-0.3, -0.25) is 4.79 Å². The van der Waals surface area contributed by atoms with E-state index in [0.717, 1.165) is 42.7 Å². The summed E-state index contributed by atoms with van der Waals surface area (Å²) in [6.45, 7) is 9.07. The predicted octanol–water partition coefficient (Wildman–Crippen LogP) is 5.15. The van der Waals surface area contributed by atoms with Gasteiger partial charge in [0, 0.05) is 50.7 Å². The molecule has 0 bridgehead atoms. The Balaban J connectivity index is 1.18. The van der Waals surface area contributed by atoms with E-state index in [-0.39, 0.29) is 23.6 Å². The van der Waals surface area contributed by atoms with Gasteiger partial charge in [0.2, 0.25) is 5.91 Å². The SMILES string of the molecule is C=CC(=O)N1CCC(c2c[nH]c3ncnc(Nc4ccc(Oc5ccnc(N6CCO[C@@H](C)C6)c5)cc4F)c23)CC1. The number of carbonyl (C=O) groups is 1. The number of aromatic amines is 1. The van der Waals surface area contributed by atoms with Crippen molar-refractivity contribution in [2.75, 3.05) is 43.0 Å². The monoisotopic (exact) mass is 557 g/mol. The molecule has 4 aromatic rings. The van der Waals surface area contributed by atoms with Crippen LogP contribution in [0.15, 0.2) is 61.7 Å². The van der Waals surface area contributed by atoms with E-state index in [1.54, 1.807) is 24.4 Å². The van der Waals surface area contributed by atoms with Crippen molar-refractivity contribution in [1.29, 1.82) is 0 Å². The second kappa shape index (κ2) is 11.5. The van der Waals surface area contributed by atoms with Crippen LogP contribution in [0.4, 0.5) is 21.7 Å². The summed E-state index contributed by atoms with van der Waals surface area (Å²) < 4.78 is 26.9. The van der Waals surface area contributed by atoms with Crippen LogP contribution in [0.5, 0.6) is 11.5 Å². The Morgan fingerprint density at radius 1 is 1.17 bits per heavy atom. The maximum Gasteiger partial charge on any atom is 0.245 e. The molecule has 0 unspecified atom stereocenters. The first kappa shape index (κ1) is 26.7. The van der Waals surface area contributed by atoms with Crippen molar-refractivity contribution in [2.24, 2.45) is 0 Å². The minimum atomic E-state index is -0.473. The number of nitrogens with one attached hydrogen (secondary N) is 2. The number of hydrogen-bond acceptors (Lipinski definition) is 8. The van der Waals surface area contributed by atoms with E-state index in [2.05, 4.69) is 36.7 Å². The minimum absolute atomic E-state index is 0.0490. The van der Waals surface area contributed by atoms with Crippen LogP contribution >= 0.6 is 0 Å². The third-order valence-electron chi connectivity index (χ3n) is 7.63. The lowest BCUT2D eigenvalue weighted by molar-refractivity contribution is -0.127. The molecule has 2 aliphatic rings. The lowest BCUT2D eigenvalue weighted by atomic mass is 9.89. The van der Waals surface area contributed by atoms with Gasteiger partial charge in [-0.25, -0.2) is 19.3 Å². The number of halogens is 1. The zero-order valence-electron chi connectivity index (χ0n) is 22.8. The topological polar surface area (TPSA) is 108 Å². The number of benzene rings is 1. The van der Waals surface area contributed by atoms with Gasteiger partial charge < -0.3 is 29.6 Å². The number of aromatic nitrogens is 4. The Hall–Kier alpha value is -4.51. The normalized spacial score (nSPS) is 18.0. The maximum absolute atomic E-state index is 15.3. The molecule has 2 fully saturated rings. The van der Waals surface area contributed by atoms with Gasteiger partial charge in [-0.15, -0.1) is 0 Å². The fraction of sp³-hybridized carbons (Fsp3) is 0.333. The van der Waals surface area contributed by atoms with Crippen LogP contribution in [0.2, 0.25) is 0 Å². The van der Waals surface area contributed by atoms with E-state index < -0.39 is 5.82 Å². The summed E-state index contributed by atoms with van der Waals surface area (Å²) in [4.78, 5) is 32.4. The fourth-order valence-corrected chi connectivity index (χ4v) is 5.53. The highest BCUT2D eigenvalue weighted by molar-refractivity contribution is 5.92. The number of piperidine rings is 1. The molecule has 41 heavy (non-hydrogen) atoms. The van der Waals surface area contributed by atoms with Gasteiger partial charge in [-0.05, 0) is 55.5 Å². The molecule has 10 nitrogen and oxygen atoms in total. The summed E-state index contributed by atoms with van der Waals surface area (Å²) in [5.74, 6) is 1.95. The highest BCUT2D eigenvalue weighted by atomic mass is 19.1. The Kier molecular flexibility index (Phi) is 7.51. The summed E-state index contributed by atoms with van der Waals surface area (Å²) in [5.41, 5.74) is 2.00. The number of pyridine rings is 1. The number of hydrogen-bond donors (Lipinski definition) is 2. The Labute approximate surface area is 237 Å². The largest absolute Gasteiger partial charge is 0.457 e. The van der Waals surface area contributed by atoms with Crippen LogP contribution in [0.1, 0.15) is 31.2 Å². The predicted molar refractivity (Wildman–Crippen MR) is 154 cm³/mol. The first-order valence-corrected chi connectivity index (χ1v) is 13.8. The number of nitrogens with zero attached hydrogens (tertiary/aromatic N) is 5. The molecule has 2 N–H and O–H groups in total. The van der Waals surface area contributed by atoms with E-state index in [9.17, 15) is 4.79 Å². The van der Waals surface area contributed by atoms with Gasteiger partial charge in [0.1, 0.15) is 40.9 Å². The second-order valence-corrected chi connectivity index (χ2v) is 10.3. The third-order valence-corrected chi connectivity index (χ3v) is 7.63. The van der Waals surface area contributed by atoms with Gasteiger partial charge >= 0.3 is 0 Å².